The molecule has 5 nitrogen and oxygen atoms in total. The normalized spacial score (nSPS) is 18.5. The molecular formula is C21H24N4OS2. The predicted octanol–water partition coefficient (Wildman–Crippen LogP) is 3.06. The summed E-state index contributed by atoms with van der Waals surface area (Å²) in [7, 11) is 0. The van der Waals surface area contributed by atoms with E-state index in [1.54, 1.807) is 11.3 Å². The second-order valence-corrected chi connectivity index (χ2v) is 9.68. The number of piperazine rings is 1. The van der Waals surface area contributed by atoms with Crippen LogP contribution < -0.4 is 0 Å². The lowest BCUT2D eigenvalue weighted by Gasteiger charge is -2.35. The van der Waals surface area contributed by atoms with Crippen LogP contribution in [0.25, 0.3) is 10.2 Å². The molecule has 0 spiro atoms. The van der Waals surface area contributed by atoms with Crippen LogP contribution in [-0.2, 0) is 24.3 Å². The number of nitrogens with zero attached hydrogens (tertiary/aromatic N) is 4. The average Bonchev–Trinajstić information content (AvgIpc) is 3.34. The number of carbonyl (C=O) groups is 1. The van der Waals surface area contributed by atoms with Crippen LogP contribution in [0.2, 0.25) is 0 Å². The summed E-state index contributed by atoms with van der Waals surface area (Å²) in [6, 6.07) is 10.5. The third-order valence-electron chi connectivity index (χ3n) is 5.68. The van der Waals surface area contributed by atoms with Crippen molar-refractivity contribution in [2.75, 3.05) is 39.3 Å². The molecule has 5 rings (SSSR count). The number of benzene rings is 1. The van der Waals surface area contributed by atoms with E-state index < -0.39 is 0 Å². The molecule has 146 valence electrons. The van der Waals surface area contributed by atoms with Crippen molar-refractivity contribution >= 4 is 38.8 Å². The number of aromatic nitrogens is 1. The number of hydrogen-bond donors (Lipinski definition) is 0. The number of hydrogen-bond acceptors (Lipinski definition) is 6. The van der Waals surface area contributed by atoms with Gasteiger partial charge in [-0.1, -0.05) is 12.1 Å². The van der Waals surface area contributed by atoms with Crippen LogP contribution in [0.1, 0.15) is 15.4 Å². The van der Waals surface area contributed by atoms with E-state index in [0.29, 0.717) is 6.54 Å². The summed E-state index contributed by atoms with van der Waals surface area (Å²) in [6.07, 6.45) is 1.01. The molecule has 1 saturated heterocycles. The lowest BCUT2D eigenvalue weighted by Crippen LogP contribution is -2.50. The van der Waals surface area contributed by atoms with Crippen molar-refractivity contribution in [3.05, 3.63) is 51.2 Å². The predicted molar refractivity (Wildman–Crippen MR) is 115 cm³/mol. The number of rotatable bonds is 4. The summed E-state index contributed by atoms with van der Waals surface area (Å²) >= 11 is 3.61. The highest BCUT2D eigenvalue weighted by molar-refractivity contribution is 7.18. The molecule has 0 aliphatic carbocycles. The van der Waals surface area contributed by atoms with Crippen LogP contribution in [0.15, 0.2) is 35.7 Å². The highest BCUT2D eigenvalue weighted by atomic mass is 32.1. The Morgan fingerprint density at radius 2 is 1.86 bits per heavy atom. The summed E-state index contributed by atoms with van der Waals surface area (Å²) in [6.45, 7) is 7.01. The first-order chi connectivity index (χ1) is 13.7. The molecule has 1 aromatic carbocycles. The molecule has 0 bridgehead atoms. The van der Waals surface area contributed by atoms with Crippen LogP contribution in [0, 0.1) is 0 Å². The zero-order valence-electron chi connectivity index (χ0n) is 15.8. The number of thiophene rings is 1. The lowest BCUT2D eigenvalue weighted by atomic mass is 10.1. The van der Waals surface area contributed by atoms with Gasteiger partial charge in [0.25, 0.3) is 0 Å². The quantitative estimate of drug-likeness (QED) is 0.660. The molecule has 2 aliphatic heterocycles. The van der Waals surface area contributed by atoms with Gasteiger partial charge in [-0.2, -0.15) is 0 Å². The number of carbonyl (C=O) groups excluding carboxylic acids is 1. The van der Waals surface area contributed by atoms with Gasteiger partial charge in [0.05, 0.1) is 23.3 Å². The minimum Gasteiger partial charge on any atom is -0.337 e. The second kappa shape index (κ2) is 7.91. The number of para-hydroxylation sites is 1. The van der Waals surface area contributed by atoms with E-state index >= 15 is 0 Å². The molecule has 0 unspecified atom stereocenters. The van der Waals surface area contributed by atoms with Gasteiger partial charge in [-0.3, -0.25) is 14.6 Å². The third-order valence-corrected chi connectivity index (χ3v) is 7.73. The third kappa shape index (κ3) is 3.85. The van der Waals surface area contributed by atoms with Crippen molar-refractivity contribution < 1.29 is 4.79 Å². The van der Waals surface area contributed by atoms with Gasteiger partial charge in [0.1, 0.15) is 5.01 Å². The van der Waals surface area contributed by atoms with Crippen LogP contribution in [0.3, 0.4) is 0 Å². The highest BCUT2D eigenvalue weighted by Gasteiger charge is 2.25. The monoisotopic (exact) mass is 412 g/mol. The second-order valence-electron chi connectivity index (χ2n) is 7.56. The zero-order chi connectivity index (χ0) is 18.9. The van der Waals surface area contributed by atoms with Crippen molar-refractivity contribution in [2.45, 2.75) is 19.5 Å². The molecule has 1 fully saturated rings. The van der Waals surface area contributed by atoms with E-state index in [4.69, 9.17) is 4.98 Å². The van der Waals surface area contributed by atoms with Crippen LogP contribution in [-0.4, -0.2) is 64.9 Å². The first kappa shape index (κ1) is 18.2. The Morgan fingerprint density at radius 3 is 2.71 bits per heavy atom. The van der Waals surface area contributed by atoms with E-state index in [0.717, 1.165) is 57.8 Å². The molecule has 0 N–H and O–H groups in total. The topological polar surface area (TPSA) is 39.7 Å². The molecule has 7 heteroatoms. The maximum Gasteiger partial charge on any atom is 0.237 e. The Balaban J connectivity index is 1.11. The number of fused-ring (bicyclic) bond motifs is 2. The maximum absolute atomic E-state index is 12.7. The fourth-order valence-electron chi connectivity index (χ4n) is 4.04. The highest BCUT2D eigenvalue weighted by Crippen LogP contribution is 2.25. The van der Waals surface area contributed by atoms with E-state index in [1.165, 1.54) is 20.1 Å². The lowest BCUT2D eigenvalue weighted by molar-refractivity contribution is -0.133. The average molecular weight is 413 g/mol. The Morgan fingerprint density at radius 1 is 1.04 bits per heavy atom. The van der Waals surface area contributed by atoms with E-state index in [9.17, 15) is 4.79 Å². The molecule has 0 saturated carbocycles. The van der Waals surface area contributed by atoms with Gasteiger partial charge in [-0.25, -0.2) is 4.98 Å². The number of amides is 1. The van der Waals surface area contributed by atoms with Crippen molar-refractivity contribution in [3.63, 3.8) is 0 Å². The number of thiazole rings is 1. The molecule has 0 radical (unpaired) electrons. The first-order valence-corrected chi connectivity index (χ1v) is 11.6. The molecule has 4 heterocycles. The molecule has 0 atom stereocenters. The van der Waals surface area contributed by atoms with Crippen molar-refractivity contribution in [1.29, 1.82) is 0 Å². The van der Waals surface area contributed by atoms with Gasteiger partial charge in [0.15, 0.2) is 0 Å². The minimum absolute atomic E-state index is 0.275. The smallest absolute Gasteiger partial charge is 0.237 e. The van der Waals surface area contributed by atoms with Gasteiger partial charge in [-0.15, -0.1) is 22.7 Å². The fraction of sp³-hybridized carbons (Fsp3) is 0.429. The maximum atomic E-state index is 12.7. The van der Waals surface area contributed by atoms with Crippen molar-refractivity contribution in [2.24, 2.45) is 0 Å². The Hall–Kier alpha value is -1.80. The molecule has 28 heavy (non-hydrogen) atoms. The molecule has 2 aliphatic rings. The zero-order valence-corrected chi connectivity index (χ0v) is 17.5. The van der Waals surface area contributed by atoms with Gasteiger partial charge in [-0.05, 0) is 35.6 Å². The molecule has 2 aromatic heterocycles. The Kier molecular flexibility index (Phi) is 5.15. The molecular weight excluding hydrogens is 388 g/mol. The van der Waals surface area contributed by atoms with Gasteiger partial charge in [0.2, 0.25) is 5.91 Å². The standard InChI is InChI=1S/C21H24N4OS2/c26-21(25-7-5-18-16(13-25)6-12-27-18)15-24-10-8-23(9-11-24)14-20-22-17-3-1-2-4-19(17)28-20/h1-4,6,12H,5,7-11,13-15H2. The Labute approximate surface area is 173 Å². The van der Waals surface area contributed by atoms with Crippen LogP contribution in [0.5, 0.6) is 0 Å². The summed E-state index contributed by atoms with van der Waals surface area (Å²) in [5.41, 5.74) is 2.44. The van der Waals surface area contributed by atoms with Crippen molar-refractivity contribution in [3.8, 4) is 0 Å². The Bertz CT molecular complexity index is 941. The van der Waals surface area contributed by atoms with Gasteiger partial charge in [0, 0.05) is 44.1 Å². The summed E-state index contributed by atoms with van der Waals surface area (Å²) in [4.78, 5) is 25.7. The van der Waals surface area contributed by atoms with E-state index in [-0.39, 0.29) is 5.91 Å². The summed E-state index contributed by atoms with van der Waals surface area (Å²) in [5, 5.41) is 3.33. The SMILES string of the molecule is O=C(CN1CCN(Cc2nc3ccccc3s2)CC1)N1CCc2sccc2C1. The van der Waals surface area contributed by atoms with Crippen LogP contribution in [0.4, 0.5) is 0 Å². The van der Waals surface area contributed by atoms with E-state index in [1.807, 2.05) is 22.3 Å². The van der Waals surface area contributed by atoms with Gasteiger partial charge >= 0.3 is 0 Å². The largest absolute Gasteiger partial charge is 0.337 e. The molecule has 3 aromatic rings. The summed E-state index contributed by atoms with van der Waals surface area (Å²) in [5.74, 6) is 0.275. The molecule has 1 amide bonds. The van der Waals surface area contributed by atoms with Crippen molar-refractivity contribution in [1.82, 2.24) is 19.7 Å². The van der Waals surface area contributed by atoms with E-state index in [2.05, 4.69) is 39.4 Å². The van der Waals surface area contributed by atoms with Gasteiger partial charge < -0.3 is 4.90 Å². The minimum atomic E-state index is 0.275. The first-order valence-electron chi connectivity index (χ1n) is 9.87. The fourth-order valence-corrected chi connectivity index (χ4v) is 5.94. The van der Waals surface area contributed by atoms with Crippen LogP contribution >= 0.6 is 22.7 Å². The summed E-state index contributed by atoms with van der Waals surface area (Å²) < 4.78 is 1.26.